The van der Waals surface area contributed by atoms with Crippen LogP contribution >= 0.6 is 11.3 Å². The van der Waals surface area contributed by atoms with Crippen molar-refractivity contribution in [2.75, 3.05) is 19.6 Å². The number of hydrogen-bond donors (Lipinski definition) is 2. The van der Waals surface area contributed by atoms with Gasteiger partial charge in [-0.05, 0) is 37.4 Å². The van der Waals surface area contributed by atoms with Crippen molar-refractivity contribution in [2.45, 2.75) is 26.2 Å². The minimum absolute atomic E-state index is 0.612. The van der Waals surface area contributed by atoms with E-state index >= 15 is 0 Å². The SMILES string of the molecule is CCCN1CCc2cc(OC(=O)NN)sc2CC1. The van der Waals surface area contributed by atoms with Crippen LogP contribution in [0.5, 0.6) is 5.06 Å². The van der Waals surface area contributed by atoms with Crippen molar-refractivity contribution in [1.82, 2.24) is 10.3 Å². The van der Waals surface area contributed by atoms with Crippen molar-refractivity contribution in [3.05, 3.63) is 16.5 Å². The van der Waals surface area contributed by atoms with Crippen LogP contribution in [0.15, 0.2) is 6.07 Å². The van der Waals surface area contributed by atoms with Gasteiger partial charge in [0.15, 0.2) is 5.06 Å². The molecule has 1 aromatic rings. The Morgan fingerprint density at radius 3 is 3.06 bits per heavy atom. The van der Waals surface area contributed by atoms with Gasteiger partial charge in [-0.25, -0.2) is 10.6 Å². The van der Waals surface area contributed by atoms with Crippen LogP contribution in [0, 0.1) is 0 Å². The summed E-state index contributed by atoms with van der Waals surface area (Å²) < 4.78 is 5.06. The molecule has 0 aliphatic carbocycles. The van der Waals surface area contributed by atoms with Crippen LogP contribution in [0.3, 0.4) is 0 Å². The Hall–Kier alpha value is -1.11. The molecule has 0 radical (unpaired) electrons. The summed E-state index contributed by atoms with van der Waals surface area (Å²) in [5.74, 6) is 4.99. The molecule has 0 unspecified atom stereocenters. The number of nitrogens with zero attached hydrogens (tertiary/aromatic N) is 1. The smallest absolute Gasteiger partial charge is 0.398 e. The van der Waals surface area contributed by atoms with E-state index in [1.54, 1.807) is 11.3 Å². The number of carbonyl (C=O) groups excluding carboxylic acids is 1. The maximum absolute atomic E-state index is 11.0. The number of ether oxygens (including phenoxy) is 1. The molecule has 0 saturated heterocycles. The van der Waals surface area contributed by atoms with Gasteiger partial charge in [0.2, 0.25) is 0 Å². The Morgan fingerprint density at radius 2 is 2.33 bits per heavy atom. The second-order valence-electron chi connectivity index (χ2n) is 4.39. The molecule has 0 saturated carbocycles. The highest BCUT2D eigenvalue weighted by molar-refractivity contribution is 7.14. The molecule has 1 aliphatic heterocycles. The van der Waals surface area contributed by atoms with Gasteiger partial charge in [-0.15, -0.1) is 11.3 Å². The van der Waals surface area contributed by atoms with E-state index in [-0.39, 0.29) is 0 Å². The maximum Gasteiger partial charge on any atom is 0.427 e. The number of hydrazine groups is 1. The molecule has 0 atom stereocenters. The summed E-state index contributed by atoms with van der Waals surface area (Å²) >= 11 is 1.55. The molecular formula is C12H19N3O2S. The van der Waals surface area contributed by atoms with Crippen molar-refractivity contribution in [3.8, 4) is 5.06 Å². The van der Waals surface area contributed by atoms with E-state index in [1.807, 2.05) is 11.5 Å². The van der Waals surface area contributed by atoms with Crippen LogP contribution in [0.25, 0.3) is 0 Å². The first-order valence-electron chi connectivity index (χ1n) is 6.25. The average molecular weight is 269 g/mol. The van der Waals surface area contributed by atoms with Crippen LogP contribution in [0.2, 0.25) is 0 Å². The molecule has 100 valence electrons. The average Bonchev–Trinajstić information content (AvgIpc) is 2.65. The first-order valence-corrected chi connectivity index (χ1v) is 7.07. The number of nitrogens with two attached hydrogens (primary N) is 1. The van der Waals surface area contributed by atoms with Crippen LogP contribution < -0.4 is 16.0 Å². The van der Waals surface area contributed by atoms with Gasteiger partial charge < -0.3 is 9.64 Å². The summed E-state index contributed by atoms with van der Waals surface area (Å²) in [6.07, 6.45) is 2.64. The fourth-order valence-corrected chi connectivity index (χ4v) is 3.27. The second-order valence-corrected chi connectivity index (χ2v) is 5.49. The molecule has 18 heavy (non-hydrogen) atoms. The Labute approximate surface area is 111 Å². The van der Waals surface area contributed by atoms with E-state index in [2.05, 4.69) is 11.8 Å². The summed E-state index contributed by atoms with van der Waals surface area (Å²) in [5, 5.41) is 0.631. The summed E-state index contributed by atoms with van der Waals surface area (Å²) in [4.78, 5) is 14.9. The third kappa shape index (κ3) is 3.22. The van der Waals surface area contributed by atoms with E-state index in [0.29, 0.717) is 5.06 Å². The first-order chi connectivity index (χ1) is 8.72. The zero-order valence-corrected chi connectivity index (χ0v) is 11.4. The quantitative estimate of drug-likeness (QED) is 0.496. The molecule has 5 nitrogen and oxygen atoms in total. The summed E-state index contributed by atoms with van der Waals surface area (Å²) in [6.45, 7) is 5.54. The number of hydrogen-bond acceptors (Lipinski definition) is 5. The number of fused-ring (bicyclic) bond motifs is 1. The molecule has 2 rings (SSSR count). The Morgan fingerprint density at radius 1 is 1.56 bits per heavy atom. The first kappa shape index (κ1) is 13.3. The van der Waals surface area contributed by atoms with Gasteiger partial charge >= 0.3 is 6.09 Å². The standard InChI is InChI=1S/C12H19N3O2S/c1-2-5-15-6-3-9-8-11(17-12(16)14-13)18-10(9)4-7-15/h8H,2-7,13H2,1H3,(H,14,16). The molecule has 3 N–H and O–H groups in total. The largest absolute Gasteiger partial charge is 0.427 e. The lowest BCUT2D eigenvalue weighted by Crippen LogP contribution is -2.32. The number of thiophene rings is 1. The van der Waals surface area contributed by atoms with E-state index in [9.17, 15) is 4.79 Å². The summed E-state index contributed by atoms with van der Waals surface area (Å²) in [5.41, 5.74) is 3.27. The zero-order chi connectivity index (χ0) is 13.0. The lowest BCUT2D eigenvalue weighted by Gasteiger charge is -2.18. The van der Waals surface area contributed by atoms with Crippen LogP contribution in [0.4, 0.5) is 4.79 Å². The number of carbonyl (C=O) groups is 1. The molecule has 0 bridgehead atoms. The van der Waals surface area contributed by atoms with Crippen LogP contribution in [0.1, 0.15) is 23.8 Å². The molecule has 0 spiro atoms. The van der Waals surface area contributed by atoms with Crippen molar-refractivity contribution in [2.24, 2.45) is 5.84 Å². The number of nitrogens with one attached hydrogen (secondary N) is 1. The fourth-order valence-electron chi connectivity index (χ4n) is 2.22. The van der Waals surface area contributed by atoms with Crippen molar-refractivity contribution >= 4 is 17.4 Å². The molecule has 1 aromatic heterocycles. The lowest BCUT2D eigenvalue weighted by atomic mass is 10.2. The van der Waals surface area contributed by atoms with Gasteiger partial charge in [-0.1, -0.05) is 6.92 Å². The van der Waals surface area contributed by atoms with E-state index in [0.717, 1.165) is 32.5 Å². The van der Waals surface area contributed by atoms with E-state index in [1.165, 1.54) is 16.9 Å². The number of amides is 1. The Kier molecular flexibility index (Phi) is 4.57. The molecule has 1 amide bonds. The van der Waals surface area contributed by atoms with Crippen LogP contribution in [-0.2, 0) is 12.8 Å². The van der Waals surface area contributed by atoms with Gasteiger partial charge in [0.05, 0.1) is 0 Å². The van der Waals surface area contributed by atoms with Crippen LogP contribution in [-0.4, -0.2) is 30.6 Å². The van der Waals surface area contributed by atoms with E-state index < -0.39 is 6.09 Å². The highest BCUT2D eigenvalue weighted by Gasteiger charge is 2.17. The number of rotatable bonds is 3. The molecular weight excluding hydrogens is 250 g/mol. The van der Waals surface area contributed by atoms with Gasteiger partial charge in [0.1, 0.15) is 0 Å². The minimum atomic E-state index is -0.612. The molecule has 0 fully saturated rings. The highest BCUT2D eigenvalue weighted by Crippen LogP contribution is 2.31. The molecule has 1 aliphatic rings. The molecule has 0 aromatic carbocycles. The van der Waals surface area contributed by atoms with Crippen molar-refractivity contribution in [1.29, 1.82) is 0 Å². The molecule has 6 heteroatoms. The topological polar surface area (TPSA) is 67.6 Å². The van der Waals surface area contributed by atoms with Crippen molar-refractivity contribution in [3.63, 3.8) is 0 Å². The van der Waals surface area contributed by atoms with Gasteiger partial charge in [0, 0.05) is 18.0 Å². The summed E-state index contributed by atoms with van der Waals surface area (Å²) in [6, 6.07) is 1.96. The normalized spacial score (nSPS) is 15.9. The van der Waals surface area contributed by atoms with Gasteiger partial charge in [-0.2, -0.15) is 0 Å². The summed E-state index contributed by atoms with van der Waals surface area (Å²) in [7, 11) is 0. The minimum Gasteiger partial charge on any atom is -0.398 e. The highest BCUT2D eigenvalue weighted by atomic mass is 32.1. The maximum atomic E-state index is 11.0. The van der Waals surface area contributed by atoms with Gasteiger partial charge in [0.25, 0.3) is 0 Å². The predicted molar refractivity (Wildman–Crippen MR) is 71.8 cm³/mol. The zero-order valence-electron chi connectivity index (χ0n) is 10.6. The second kappa shape index (κ2) is 6.17. The third-order valence-electron chi connectivity index (χ3n) is 3.08. The lowest BCUT2D eigenvalue weighted by molar-refractivity contribution is 0.202. The fraction of sp³-hybridized carbons (Fsp3) is 0.583. The monoisotopic (exact) mass is 269 g/mol. The van der Waals surface area contributed by atoms with Gasteiger partial charge in [-0.3, -0.25) is 5.43 Å². The third-order valence-corrected chi connectivity index (χ3v) is 4.19. The Bertz CT molecular complexity index is 394. The predicted octanol–water partition coefficient (Wildman–Crippen LogP) is 1.52. The van der Waals surface area contributed by atoms with Crippen molar-refractivity contribution < 1.29 is 9.53 Å². The van der Waals surface area contributed by atoms with E-state index in [4.69, 9.17) is 10.6 Å². The Balaban J connectivity index is 2.00. The molecule has 2 heterocycles.